The number of aryl methyl sites for hydroxylation is 3. The minimum atomic E-state index is 0.0545. The lowest BCUT2D eigenvalue weighted by Crippen LogP contribution is -2.23. The largest absolute Gasteiger partial charge is 0.292 e. The Morgan fingerprint density at radius 3 is 2.81 bits per heavy atom. The van der Waals surface area contributed by atoms with E-state index >= 15 is 0 Å². The molecule has 1 aliphatic rings. The average molecular weight is 405 g/mol. The Kier molecular flexibility index (Phi) is 5.03. The highest BCUT2D eigenvalue weighted by Crippen LogP contribution is 2.34. The topological polar surface area (TPSA) is 52.0 Å². The Morgan fingerprint density at radius 2 is 2.08 bits per heavy atom. The molecule has 0 fully saturated rings. The van der Waals surface area contributed by atoms with Gasteiger partial charge in [0.2, 0.25) is 0 Å². The first kappa shape index (κ1) is 17.9. The van der Waals surface area contributed by atoms with Crippen LogP contribution in [0.1, 0.15) is 44.8 Å². The van der Waals surface area contributed by atoms with E-state index in [4.69, 9.17) is 4.98 Å². The summed E-state index contributed by atoms with van der Waals surface area (Å²) < 4.78 is 1.72. The number of Topliss-reactive ketones (excluding diaryl/α,β-unsaturated/α-hetero) is 1. The van der Waals surface area contributed by atoms with Gasteiger partial charge in [-0.05, 0) is 57.2 Å². The number of thiophene rings is 2. The normalized spacial score (nSPS) is 13.9. The third-order valence-corrected chi connectivity index (χ3v) is 7.91. The molecule has 7 heteroatoms. The molecule has 0 saturated heterocycles. The molecule has 3 aromatic heterocycles. The van der Waals surface area contributed by atoms with Crippen LogP contribution in [0, 0.1) is 6.92 Å². The van der Waals surface area contributed by atoms with E-state index in [0.29, 0.717) is 17.5 Å². The molecular formula is C19H20N2O2S3. The summed E-state index contributed by atoms with van der Waals surface area (Å²) in [7, 11) is 0. The van der Waals surface area contributed by atoms with Crippen LogP contribution in [-0.2, 0) is 19.4 Å². The summed E-state index contributed by atoms with van der Waals surface area (Å²) in [6.07, 6.45) is 4.38. The van der Waals surface area contributed by atoms with E-state index in [2.05, 4.69) is 0 Å². The van der Waals surface area contributed by atoms with Gasteiger partial charge in [-0.2, -0.15) is 0 Å². The van der Waals surface area contributed by atoms with Crippen LogP contribution in [0.25, 0.3) is 10.2 Å². The third kappa shape index (κ3) is 3.17. The second kappa shape index (κ2) is 7.29. The monoisotopic (exact) mass is 404 g/mol. The third-order valence-electron chi connectivity index (χ3n) is 4.70. The number of aromatic nitrogens is 2. The predicted molar refractivity (Wildman–Crippen MR) is 110 cm³/mol. The Bertz CT molecular complexity index is 1050. The predicted octanol–water partition coefficient (Wildman–Crippen LogP) is 4.70. The fraction of sp³-hybridized carbons (Fsp3) is 0.421. The Labute approximate surface area is 164 Å². The van der Waals surface area contributed by atoms with Crippen LogP contribution >= 0.6 is 34.4 Å². The number of carbonyl (C=O) groups excluding carboxylic acids is 1. The van der Waals surface area contributed by atoms with Gasteiger partial charge in [0.25, 0.3) is 5.56 Å². The summed E-state index contributed by atoms with van der Waals surface area (Å²) in [6, 6.07) is 3.84. The zero-order chi connectivity index (χ0) is 18.3. The zero-order valence-corrected chi connectivity index (χ0v) is 17.3. The summed E-state index contributed by atoms with van der Waals surface area (Å²) in [5.41, 5.74) is 1.27. The van der Waals surface area contributed by atoms with Gasteiger partial charge in [0.1, 0.15) is 4.83 Å². The van der Waals surface area contributed by atoms with E-state index in [1.54, 1.807) is 15.9 Å². The molecule has 1 aliphatic carbocycles. The van der Waals surface area contributed by atoms with Gasteiger partial charge in [-0.1, -0.05) is 11.8 Å². The van der Waals surface area contributed by atoms with E-state index in [9.17, 15) is 9.59 Å². The minimum Gasteiger partial charge on any atom is -0.292 e. The molecule has 0 spiro atoms. The second-order valence-electron chi connectivity index (χ2n) is 6.46. The molecule has 3 heterocycles. The Balaban J connectivity index is 1.68. The molecule has 136 valence electrons. The molecule has 0 aliphatic heterocycles. The molecular weight excluding hydrogens is 384 g/mol. The van der Waals surface area contributed by atoms with Crippen molar-refractivity contribution in [3.05, 3.63) is 42.7 Å². The van der Waals surface area contributed by atoms with Crippen molar-refractivity contribution in [1.82, 2.24) is 9.55 Å². The molecule has 4 nitrogen and oxygen atoms in total. The molecule has 0 atom stereocenters. The lowest BCUT2D eigenvalue weighted by atomic mass is 9.97. The summed E-state index contributed by atoms with van der Waals surface area (Å²) in [5, 5.41) is 1.47. The quantitative estimate of drug-likeness (QED) is 0.351. The zero-order valence-electron chi connectivity index (χ0n) is 14.8. The molecule has 4 rings (SSSR count). The number of fused-ring (bicyclic) bond motifs is 3. The highest BCUT2D eigenvalue weighted by atomic mass is 32.2. The Hall–Kier alpha value is -1.44. The van der Waals surface area contributed by atoms with E-state index < -0.39 is 0 Å². The number of rotatable bonds is 5. The lowest BCUT2D eigenvalue weighted by Gasteiger charge is -2.12. The van der Waals surface area contributed by atoms with E-state index in [1.807, 2.05) is 26.0 Å². The first-order valence-electron chi connectivity index (χ1n) is 8.86. The summed E-state index contributed by atoms with van der Waals surface area (Å²) in [5.74, 6) is 0.402. The first-order chi connectivity index (χ1) is 12.6. The number of hydrogen-bond donors (Lipinski definition) is 0. The van der Waals surface area contributed by atoms with Gasteiger partial charge >= 0.3 is 0 Å². The fourth-order valence-electron chi connectivity index (χ4n) is 3.39. The van der Waals surface area contributed by atoms with Crippen LogP contribution in [0.5, 0.6) is 0 Å². The van der Waals surface area contributed by atoms with Crippen LogP contribution in [-0.4, -0.2) is 21.1 Å². The standard InChI is InChI=1S/C19H20N2O2S3/c1-3-21-18(23)16-12-6-4-5-7-14(12)26-17(16)20-19(21)24-10-13(22)15-9-8-11(2)25-15/h8-9H,3-7,10H2,1-2H3. The van der Waals surface area contributed by atoms with Crippen molar-refractivity contribution in [2.75, 3.05) is 5.75 Å². The fourth-order valence-corrected chi connectivity index (χ4v) is 6.54. The molecule has 0 aromatic carbocycles. The van der Waals surface area contributed by atoms with Crippen LogP contribution in [0.3, 0.4) is 0 Å². The maximum absolute atomic E-state index is 13.1. The maximum atomic E-state index is 13.1. The van der Waals surface area contributed by atoms with Crippen molar-refractivity contribution in [3.8, 4) is 0 Å². The number of carbonyl (C=O) groups is 1. The van der Waals surface area contributed by atoms with Gasteiger partial charge in [0.05, 0.1) is 16.0 Å². The SMILES string of the molecule is CCn1c(SCC(=O)c2ccc(C)s2)nc2sc3c(c2c1=O)CCCC3. The summed E-state index contributed by atoms with van der Waals surface area (Å²) in [4.78, 5) is 34.3. The van der Waals surface area contributed by atoms with Crippen LogP contribution in [0.2, 0.25) is 0 Å². The molecule has 0 bridgehead atoms. The van der Waals surface area contributed by atoms with Crippen molar-refractivity contribution in [1.29, 1.82) is 0 Å². The van der Waals surface area contributed by atoms with E-state index in [0.717, 1.165) is 39.2 Å². The van der Waals surface area contributed by atoms with Gasteiger partial charge in [0.15, 0.2) is 10.9 Å². The second-order valence-corrected chi connectivity index (χ2v) is 9.77. The minimum absolute atomic E-state index is 0.0545. The van der Waals surface area contributed by atoms with Crippen molar-refractivity contribution in [2.24, 2.45) is 0 Å². The van der Waals surface area contributed by atoms with E-state index in [-0.39, 0.29) is 11.3 Å². The van der Waals surface area contributed by atoms with Crippen LogP contribution < -0.4 is 5.56 Å². The van der Waals surface area contributed by atoms with Crippen molar-refractivity contribution in [2.45, 2.75) is 51.2 Å². The number of nitrogens with zero attached hydrogens (tertiary/aromatic N) is 2. The van der Waals surface area contributed by atoms with Crippen LogP contribution in [0.15, 0.2) is 22.1 Å². The smallest absolute Gasteiger partial charge is 0.263 e. The molecule has 0 amide bonds. The maximum Gasteiger partial charge on any atom is 0.263 e. The number of ketones is 1. The lowest BCUT2D eigenvalue weighted by molar-refractivity contribution is 0.102. The first-order valence-corrected chi connectivity index (χ1v) is 11.5. The highest BCUT2D eigenvalue weighted by molar-refractivity contribution is 7.99. The molecule has 0 unspecified atom stereocenters. The van der Waals surface area contributed by atoms with Crippen molar-refractivity contribution < 1.29 is 4.79 Å². The molecule has 0 N–H and O–H groups in total. The molecule has 0 saturated carbocycles. The summed E-state index contributed by atoms with van der Waals surface area (Å²) in [6.45, 7) is 4.53. The van der Waals surface area contributed by atoms with Gasteiger partial charge in [-0.3, -0.25) is 14.2 Å². The number of hydrogen-bond acceptors (Lipinski definition) is 6. The average Bonchev–Trinajstić information content (AvgIpc) is 3.23. The van der Waals surface area contributed by atoms with Gasteiger partial charge in [0, 0.05) is 16.3 Å². The van der Waals surface area contributed by atoms with Gasteiger partial charge < -0.3 is 0 Å². The highest BCUT2D eigenvalue weighted by Gasteiger charge is 2.22. The number of thioether (sulfide) groups is 1. The van der Waals surface area contributed by atoms with Gasteiger partial charge in [-0.25, -0.2) is 4.98 Å². The van der Waals surface area contributed by atoms with Crippen molar-refractivity contribution >= 4 is 50.4 Å². The summed E-state index contributed by atoms with van der Waals surface area (Å²) >= 11 is 4.55. The van der Waals surface area contributed by atoms with Crippen molar-refractivity contribution in [3.63, 3.8) is 0 Å². The van der Waals surface area contributed by atoms with E-state index in [1.165, 1.54) is 40.0 Å². The molecule has 26 heavy (non-hydrogen) atoms. The molecule has 3 aromatic rings. The van der Waals surface area contributed by atoms with Gasteiger partial charge in [-0.15, -0.1) is 22.7 Å². The molecule has 0 radical (unpaired) electrons. The van der Waals surface area contributed by atoms with Crippen LogP contribution in [0.4, 0.5) is 0 Å². The Morgan fingerprint density at radius 1 is 1.27 bits per heavy atom.